The van der Waals surface area contributed by atoms with E-state index in [0.29, 0.717) is 18.1 Å². The summed E-state index contributed by atoms with van der Waals surface area (Å²) < 4.78 is 31.6. The predicted octanol–water partition coefficient (Wildman–Crippen LogP) is 2.02. The average Bonchev–Trinajstić information content (AvgIpc) is 3.09. The zero-order valence-electron chi connectivity index (χ0n) is 9.28. The molecule has 4 nitrogen and oxygen atoms in total. The molecule has 1 aromatic carbocycles. The van der Waals surface area contributed by atoms with Gasteiger partial charge in [0.15, 0.2) is 11.6 Å². The lowest BCUT2D eigenvalue weighted by Crippen LogP contribution is -2.16. The maximum absolute atomic E-state index is 13.5. The van der Waals surface area contributed by atoms with Gasteiger partial charge in [-0.3, -0.25) is 4.79 Å². The molecule has 0 atom stereocenters. The van der Waals surface area contributed by atoms with Crippen LogP contribution in [0.5, 0.6) is 5.75 Å². The summed E-state index contributed by atoms with van der Waals surface area (Å²) in [5, 5.41) is 8.58. The Labute approximate surface area is 101 Å². The number of halogens is 2. The molecule has 0 aliphatic heterocycles. The lowest BCUT2D eigenvalue weighted by molar-refractivity contribution is -0.131. The molecule has 0 saturated heterocycles. The average molecular weight is 256 g/mol. The van der Waals surface area contributed by atoms with Gasteiger partial charge in [0.25, 0.3) is 5.78 Å². The summed E-state index contributed by atoms with van der Waals surface area (Å²) in [5.41, 5.74) is -0.597. The van der Waals surface area contributed by atoms with Crippen molar-refractivity contribution in [1.29, 1.82) is 0 Å². The summed E-state index contributed by atoms with van der Waals surface area (Å²) in [5.74, 6) is -5.45. The first-order chi connectivity index (χ1) is 8.49. The van der Waals surface area contributed by atoms with E-state index >= 15 is 0 Å². The second-order valence-electron chi connectivity index (χ2n) is 4.15. The van der Waals surface area contributed by atoms with Crippen LogP contribution in [0.25, 0.3) is 0 Å². The molecule has 0 radical (unpaired) electrons. The van der Waals surface area contributed by atoms with Gasteiger partial charge in [0.1, 0.15) is 5.82 Å². The van der Waals surface area contributed by atoms with Gasteiger partial charge in [0.05, 0.1) is 12.2 Å². The normalized spacial score (nSPS) is 14.3. The highest BCUT2D eigenvalue weighted by Gasteiger charge is 2.27. The van der Waals surface area contributed by atoms with Crippen LogP contribution in [0.1, 0.15) is 23.2 Å². The minimum atomic E-state index is -1.78. The Balaban J connectivity index is 2.33. The summed E-state index contributed by atoms with van der Waals surface area (Å²) in [6.07, 6.45) is 1.90. The number of ether oxygens (including phenoxy) is 1. The van der Waals surface area contributed by atoms with Crippen molar-refractivity contribution >= 4 is 11.8 Å². The maximum atomic E-state index is 13.5. The Bertz CT molecular complexity index is 509. The van der Waals surface area contributed by atoms with Crippen molar-refractivity contribution < 1.29 is 28.2 Å². The van der Waals surface area contributed by atoms with Crippen LogP contribution in [0.15, 0.2) is 12.1 Å². The van der Waals surface area contributed by atoms with Gasteiger partial charge in [-0.05, 0) is 24.8 Å². The smallest absolute Gasteiger partial charge is 0.377 e. The molecule has 0 unspecified atom stereocenters. The number of carboxylic acid groups (broad SMARTS) is 1. The lowest BCUT2D eigenvalue weighted by atomic mass is 10.1. The number of hydrogen-bond donors (Lipinski definition) is 1. The molecule has 6 heteroatoms. The van der Waals surface area contributed by atoms with Gasteiger partial charge in [-0.25, -0.2) is 13.6 Å². The minimum Gasteiger partial charge on any atom is -0.489 e. The molecule has 0 heterocycles. The zero-order chi connectivity index (χ0) is 13.3. The van der Waals surface area contributed by atoms with Crippen molar-refractivity contribution in [2.75, 3.05) is 6.61 Å². The van der Waals surface area contributed by atoms with Crippen LogP contribution in [0.4, 0.5) is 8.78 Å². The molecule has 0 bridgehead atoms. The van der Waals surface area contributed by atoms with Crippen molar-refractivity contribution in [3.8, 4) is 5.75 Å². The SMILES string of the molecule is O=C(O)C(=O)c1cc(F)cc(F)c1OCC1CC1. The van der Waals surface area contributed by atoms with Crippen LogP contribution in [0, 0.1) is 17.6 Å². The number of benzene rings is 1. The van der Waals surface area contributed by atoms with E-state index in [1.807, 2.05) is 0 Å². The van der Waals surface area contributed by atoms with Crippen LogP contribution in [0.3, 0.4) is 0 Å². The third kappa shape index (κ3) is 2.64. The van der Waals surface area contributed by atoms with E-state index in [-0.39, 0.29) is 6.61 Å². The number of carbonyl (C=O) groups is 2. The molecule has 1 fully saturated rings. The number of hydrogen-bond acceptors (Lipinski definition) is 3. The molecule has 96 valence electrons. The first kappa shape index (κ1) is 12.5. The van der Waals surface area contributed by atoms with E-state index in [1.54, 1.807) is 0 Å². The largest absolute Gasteiger partial charge is 0.489 e. The fourth-order valence-electron chi connectivity index (χ4n) is 1.48. The Kier molecular flexibility index (Phi) is 3.27. The molecule has 1 aliphatic rings. The Morgan fingerprint density at radius 1 is 1.33 bits per heavy atom. The minimum absolute atomic E-state index is 0.197. The van der Waals surface area contributed by atoms with Gasteiger partial charge in [-0.2, -0.15) is 0 Å². The molecule has 1 N–H and O–H groups in total. The Morgan fingerprint density at radius 2 is 2.00 bits per heavy atom. The highest BCUT2D eigenvalue weighted by molar-refractivity contribution is 6.40. The molecule has 2 rings (SSSR count). The van der Waals surface area contributed by atoms with Gasteiger partial charge in [0.2, 0.25) is 0 Å². The van der Waals surface area contributed by atoms with E-state index < -0.39 is 34.7 Å². The number of aliphatic carboxylic acids is 1. The van der Waals surface area contributed by atoms with E-state index in [9.17, 15) is 18.4 Å². The first-order valence-electron chi connectivity index (χ1n) is 5.38. The van der Waals surface area contributed by atoms with Gasteiger partial charge >= 0.3 is 5.97 Å². The topological polar surface area (TPSA) is 63.6 Å². The van der Waals surface area contributed by atoms with Crippen LogP contribution >= 0.6 is 0 Å². The van der Waals surface area contributed by atoms with E-state index in [2.05, 4.69) is 0 Å². The number of ketones is 1. The van der Waals surface area contributed by atoms with Crippen molar-refractivity contribution in [3.05, 3.63) is 29.3 Å². The van der Waals surface area contributed by atoms with Gasteiger partial charge in [-0.15, -0.1) is 0 Å². The fourth-order valence-corrected chi connectivity index (χ4v) is 1.48. The van der Waals surface area contributed by atoms with Crippen molar-refractivity contribution in [1.82, 2.24) is 0 Å². The summed E-state index contributed by atoms with van der Waals surface area (Å²) in [7, 11) is 0. The summed E-state index contributed by atoms with van der Waals surface area (Å²) >= 11 is 0. The van der Waals surface area contributed by atoms with E-state index in [0.717, 1.165) is 12.8 Å². The monoisotopic (exact) mass is 256 g/mol. The predicted molar refractivity (Wildman–Crippen MR) is 56.5 cm³/mol. The molecule has 0 spiro atoms. The summed E-state index contributed by atoms with van der Waals surface area (Å²) in [6, 6.07) is 1.22. The quantitative estimate of drug-likeness (QED) is 0.646. The van der Waals surface area contributed by atoms with Gasteiger partial charge < -0.3 is 9.84 Å². The molecule has 0 amide bonds. The lowest BCUT2D eigenvalue weighted by Gasteiger charge is -2.10. The molecule has 0 aromatic heterocycles. The molecule has 1 saturated carbocycles. The van der Waals surface area contributed by atoms with E-state index in [1.165, 1.54) is 0 Å². The number of Topliss-reactive ketones (excluding diaryl/α,β-unsaturated/α-hetero) is 1. The van der Waals surface area contributed by atoms with Crippen molar-refractivity contribution in [2.45, 2.75) is 12.8 Å². The summed E-state index contributed by atoms with van der Waals surface area (Å²) in [4.78, 5) is 21.9. The summed E-state index contributed by atoms with van der Waals surface area (Å²) in [6.45, 7) is 0.197. The highest BCUT2D eigenvalue weighted by atomic mass is 19.1. The fraction of sp³-hybridized carbons (Fsp3) is 0.333. The second-order valence-corrected chi connectivity index (χ2v) is 4.15. The number of carboxylic acids is 1. The molecular weight excluding hydrogens is 246 g/mol. The maximum Gasteiger partial charge on any atom is 0.377 e. The van der Waals surface area contributed by atoms with Gasteiger partial charge in [0, 0.05) is 6.07 Å². The standard InChI is InChI=1S/C12H10F2O4/c13-7-3-8(10(15)12(16)17)11(9(14)4-7)18-5-6-1-2-6/h3-4,6H,1-2,5H2,(H,16,17). The Hall–Kier alpha value is -1.98. The van der Waals surface area contributed by atoms with Crippen molar-refractivity contribution in [3.63, 3.8) is 0 Å². The van der Waals surface area contributed by atoms with Crippen LogP contribution in [-0.2, 0) is 4.79 Å². The zero-order valence-corrected chi connectivity index (χ0v) is 9.28. The third-order valence-corrected chi connectivity index (χ3v) is 2.61. The molecule has 1 aromatic rings. The number of rotatable bonds is 5. The number of carbonyl (C=O) groups excluding carboxylic acids is 1. The molecular formula is C12H10F2O4. The first-order valence-corrected chi connectivity index (χ1v) is 5.38. The van der Waals surface area contributed by atoms with Crippen molar-refractivity contribution in [2.24, 2.45) is 5.92 Å². The highest BCUT2D eigenvalue weighted by Crippen LogP contribution is 2.32. The van der Waals surface area contributed by atoms with Crippen LogP contribution in [0.2, 0.25) is 0 Å². The van der Waals surface area contributed by atoms with E-state index in [4.69, 9.17) is 9.84 Å². The van der Waals surface area contributed by atoms with Gasteiger partial charge in [-0.1, -0.05) is 0 Å². The van der Waals surface area contributed by atoms with Crippen LogP contribution in [-0.4, -0.2) is 23.5 Å². The third-order valence-electron chi connectivity index (χ3n) is 2.61. The van der Waals surface area contributed by atoms with Crippen LogP contribution < -0.4 is 4.74 Å². The Morgan fingerprint density at radius 3 is 2.56 bits per heavy atom. The second kappa shape index (κ2) is 4.72. The molecule has 18 heavy (non-hydrogen) atoms. The molecule has 1 aliphatic carbocycles.